The Labute approximate surface area is 132 Å². The number of rotatable bonds is 5. The van der Waals surface area contributed by atoms with Gasteiger partial charge in [0, 0.05) is 0 Å². The largest absolute Gasteiger partial charge is 0.450 e. The smallest absolute Gasteiger partial charge is 0.410 e. The van der Waals surface area contributed by atoms with E-state index in [4.69, 9.17) is 4.74 Å². The van der Waals surface area contributed by atoms with Crippen molar-refractivity contribution in [2.75, 3.05) is 39.3 Å². The number of quaternary nitrogens is 1. The first-order valence-electron chi connectivity index (χ1n) is 7.80. The minimum absolute atomic E-state index is 0.0390. The van der Waals surface area contributed by atoms with Crippen molar-refractivity contribution in [1.29, 1.82) is 5.26 Å². The molecule has 0 saturated carbocycles. The van der Waals surface area contributed by atoms with Gasteiger partial charge in [0.15, 0.2) is 6.54 Å². The molecule has 0 aromatic carbocycles. The second-order valence-corrected chi connectivity index (χ2v) is 6.13. The van der Waals surface area contributed by atoms with Gasteiger partial charge in [-0.05, 0) is 19.8 Å². The second kappa shape index (κ2) is 7.99. The zero-order chi connectivity index (χ0) is 16.8. The highest BCUT2D eigenvalue weighted by atomic mass is 16.6. The summed E-state index contributed by atoms with van der Waals surface area (Å²) >= 11 is 0. The van der Waals surface area contributed by atoms with Gasteiger partial charge >= 0.3 is 6.09 Å². The minimum atomic E-state index is -0.844. The summed E-state index contributed by atoms with van der Waals surface area (Å²) in [6.07, 6.45) is -0.289. The van der Waals surface area contributed by atoms with Crippen molar-refractivity contribution >= 4 is 12.0 Å². The van der Waals surface area contributed by atoms with Crippen molar-refractivity contribution in [3.63, 3.8) is 0 Å². The lowest BCUT2D eigenvalue weighted by Gasteiger charge is -2.32. The standard InChI is InChI=1S/C15H26N4O3/c1-5-22-14(21)19-8-6-18(7-9-19)10-13(20)17-15(4,11-16)12(2)3/h12H,5-10H2,1-4H3,(H,17,20)/p+1/t15-/m0/s1. The first-order chi connectivity index (χ1) is 10.3. The van der Waals surface area contributed by atoms with E-state index in [-0.39, 0.29) is 17.9 Å². The van der Waals surface area contributed by atoms with E-state index in [0.717, 1.165) is 4.90 Å². The van der Waals surface area contributed by atoms with Crippen LogP contribution in [-0.4, -0.2) is 61.8 Å². The highest BCUT2D eigenvalue weighted by Gasteiger charge is 2.32. The minimum Gasteiger partial charge on any atom is -0.450 e. The molecular weight excluding hydrogens is 284 g/mol. The number of hydrogen-bond donors (Lipinski definition) is 2. The average Bonchev–Trinajstić information content (AvgIpc) is 2.47. The molecule has 7 heteroatoms. The van der Waals surface area contributed by atoms with Gasteiger partial charge in [0.25, 0.3) is 5.91 Å². The molecule has 124 valence electrons. The van der Waals surface area contributed by atoms with Crippen LogP contribution >= 0.6 is 0 Å². The molecule has 0 bridgehead atoms. The maximum atomic E-state index is 12.1. The zero-order valence-electron chi connectivity index (χ0n) is 13.9. The van der Waals surface area contributed by atoms with Crippen LogP contribution < -0.4 is 10.2 Å². The monoisotopic (exact) mass is 311 g/mol. The van der Waals surface area contributed by atoms with E-state index < -0.39 is 5.54 Å². The van der Waals surface area contributed by atoms with Gasteiger partial charge in [-0.1, -0.05) is 13.8 Å². The van der Waals surface area contributed by atoms with E-state index in [2.05, 4.69) is 11.4 Å². The van der Waals surface area contributed by atoms with Crippen molar-refractivity contribution in [3.8, 4) is 6.07 Å². The van der Waals surface area contributed by atoms with Crippen molar-refractivity contribution < 1.29 is 19.2 Å². The molecule has 1 aliphatic heterocycles. The van der Waals surface area contributed by atoms with Crippen LogP contribution in [0.15, 0.2) is 0 Å². The summed E-state index contributed by atoms with van der Waals surface area (Å²) < 4.78 is 4.97. The Morgan fingerprint density at radius 1 is 1.41 bits per heavy atom. The number of amides is 2. The quantitative estimate of drug-likeness (QED) is 0.710. The first kappa shape index (κ1) is 18.2. The Hall–Kier alpha value is -1.81. The normalized spacial score (nSPS) is 18.5. The SMILES string of the molecule is CCOC(=O)N1CC[NH+](CC(=O)N[C@@](C)(C#N)C(C)C)CC1. The third-order valence-electron chi connectivity index (χ3n) is 4.19. The van der Waals surface area contributed by atoms with Crippen LogP contribution in [0.3, 0.4) is 0 Å². The van der Waals surface area contributed by atoms with Gasteiger partial charge < -0.3 is 15.0 Å². The fraction of sp³-hybridized carbons (Fsp3) is 0.800. The van der Waals surface area contributed by atoms with Gasteiger partial charge in [-0.25, -0.2) is 4.79 Å². The number of nitriles is 1. The predicted molar refractivity (Wildman–Crippen MR) is 81.2 cm³/mol. The Kier molecular flexibility index (Phi) is 6.62. The molecule has 0 unspecified atom stereocenters. The lowest BCUT2D eigenvalue weighted by Crippen LogP contribution is -3.16. The van der Waals surface area contributed by atoms with E-state index in [9.17, 15) is 14.9 Å². The Morgan fingerprint density at radius 3 is 2.45 bits per heavy atom. The van der Waals surface area contributed by atoms with E-state index in [1.165, 1.54) is 0 Å². The van der Waals surface area contributed by atoms with E-state index in [1.54, 1.807) is 18.7 Å². The van der Waals surface area contributed by atoms with Gasteiger partial charge in [0.1, 0.15) is 5.54 Å². The molecule has 1 atom stereocenters. The van der Waals surface area contributed by atoms with Crippen molar-refractivity contribution in [2.24, 2.45) is 5.92 Å². The molecule has 0 aromatic heterocycles. The third kappa shape index (κ3) is 4.88. The molecule has 0 aromatic rings. The molecule has 0 aliphatic carbocycles. The molecule has 22 heavy (non-hydrogen) atoms. The van der Waals surface area contributed by atoms with Gasteiger partial charge in [0.05, 0.1) is 38.9 Å². The molecule has 2 N–H and O–H groups in total. The number of carbonyl (C=O) groups is 2. The summed E-state index contributed by atoms with van der Waals surface area (Å²) in [5, 5.41) is 12.0. The van der Waals surface area contributed by atoms with Crippen LogP contribution in [-0.2, 0) is 9.53 Å². The van der Waals surface area contributed by atoms with Crippen LogP contribution in [0.2, 0.25) is 0 Å². The second-order valence-electron chi connectivity index (χ2n) is 6.13. The molecule has 1 fully saturated rings. The number of hydrogen-bond acceptors (Lipinski definition) is 4. The number of nitrogens with zero attached hydrogens (tertiary/aromatic N) is 2. The van der Waals surface area contributed by atoms with Crippen LogP contribution in [0.1, 0.15) is 27.7 Å². The zero-order valence-corrected chi connectivity index (χ0v) is 13.9. The van der Waals surface area contributed by atoms with Crippen LogP contribution in [0, 0.1) is 17.2 Å². The molecule has 2 amide bonds. The van der Waals surface area contributed by atoms with E-state index in [1.807, 2.05) is 13.8 Å². The summed E-state index contributed by atoms with van der Waals surface area (Å²) in [7, 11) is 0. The van der Waals surface area contributed by atoms with Crippen molar-refractivity contribution in [1.82, 2.24) is 10.2 Å². The fourth-order valence-corrected chi connectivity index (χ4v) is 2.26. The maximum Gasteiger partial charge on any atom is 0.410 e. The molecule has 1 saturated heterocycles. The highest BCUT2D eigenvalue weighted by molar-refractivity contribution is 5.78. The van der Waals surface area contributed by atoms with Crippen molar-refractivity contribution in [2.45, 2.75) is 33.2 Å². The fourth-order valence-electron chi connectivity index (χ4n) is 2.26. The molecule has 0 spiro atoms. The number of nitrogens with one attached hydrogen (secondary N) is 2. The summed E-state index contributed by atoms with van der Waals surface area (Å²) in [4.78, 5) is 26.5. The Balaban J connectivity index is 2.42. The lowest BCUT2D eigenvalue weighted by molar-refractivity contribution is -0.896. The third-order valence-corrected chi connectivity index (χ3v) is 4.19. The molecule has 1 aliphatic rings. The van der Waals surface area contributed by atoms with Gasteiger partial charge in [-0.15, -0.1) is 0 Å². The number of piperazine rings is 1. The predicted octanol–water partition coefficient (Wildman–Crippen LogP) is -0.602. The van der Waals surface area contributed by atoms with Gasteiger partial charge in [-0.2, -0.15) is 5.26 Å². The maximum absolute atomic E-state index is 12.1. The topological polar surface area (TPSA) is 86.9 Å². The highest BCUT2D eigenvalue weighted by Crippen LogP contribution is 2.14. The van der Waals surface area contributed by atoms with Crippen LogP contribution in [0.25, 0.3) is 0 Å². The molecule has 7 nitrogen and oxygen atoms in total. The molecule has 0 radical (unpaired) electrons. The van der Waals surface area contributed by atoms with Crippen LogP contribution in [0.4, 0.5) is 4.79 Å². The van der Waals surface area contributed by atoms with E-state index >= 15 is 0 Å². The van der Waals surface area contributed by atoms with Gasteiger partial charge in [-0.3, -0.25) is 9.69 Å². The Bertz CT molecular complexity index is 439. The summed E-state index contributed by atoms with van der Waals surface area (Å²) in [6.45, 7) is 10.6. The molecule has 1 rings (SSSR count). The summed E-state index contributed by atoms with van der Waals surface area (Å²) in [5.74, 6) is -0.0885. The summed E-state index contributed by atoms with van der Waals surface area (Å²) in [6, 6.07) is 2.17. The first-order valence-corrected chi connectivity index (χ1v) is 7.80. The van der Waals surface area contributed by atoms with Gasteiger partial charge in [0.2, 0.25) is 0 Å². The average molecular weight is 311 g/mol. The molecule has 1 heterocycles. The number of ether oxygens (including phenoxy) is 1. The van der Waals surface area contributed by atoms with Crippen LogP contribution in [0.5, 0.6) is 0 Å². The van der Waals surface area contributed by atoms with E-state index in [0.29, 0.717) is 39.3 Å². The number of carbonyl (C=O) groups excluding carboxylic acids is 2. The Morgan fingerprint density at radius 2 is 2.00 bits per heavy atom. The summed E-state index contributed by atoms with van der Waals surface area (Å²) in [5.41, 5.74) is -0.844. The van der Waals surface area contributed by atoms with Crippen molar-refractivity contribution in [3.05, 3.63) is 0 Å². The molecular formula is C15H27N4O3+. The lowest BCUT2D eigenvalue weighted by atomic mass is 9.90.